The molecule has 0 atom stereocenters. The first-order valence-corrected chi connectivity index (χ1v) is 3.82. The highest BCUT2D eigenvalue weighted by atomic mass is 35.5. The van der Waals surface area contributed by atoms with Crippen LogP contribution in [0.4, 0.5) is 0 Å². The van der Waals surface area contributed by atoms with Crippen molar-refractivity contribution in [1.29, 1.82) is 0 Å². The second-order valence-corrected chi connectivity index (χ2v) is 2.40. The Balaban J connectivity index is 2.56. The molecule has 0 N–H and O–H groups in total. The Hall–Kier alpha value is -0.830. The Kier molecular flexibility index (Phi) is 3.11. The molecule has 0 spiro atoms. The summed E-state index contributed by atoms with van der Waals surface area (Å²) in [5.74, 6) is 0. The average molecular weight is 173 g/mol. The van der Waals surface area contributed by atoms with Gasteiger partial charge in [0.25, 0.3) is 0 Å². The monoisotopic (exact) mass is 172 g/mol. The summed E-state index contributed by atoms with van der Waals surface area (Å²) in [5, 5.41) is 0.408. The summed E-state index contributed by atoms with van der Waals surface area (Å²) in [6, 6.07) is 1.96. The van der Waals surface area contributed by atoms with E-state index in [1.807, 2.05) is 6.92 Å². The smallest absolute Gasteiger partial charge is 0.317 e. The number of nitrogens with zero attached hydrogens (tertiary/aromatic N) is 2. The fourth-order valence-electron chi connectivity index (χ4n) is 0.583. The first-order valence-electron chi connectivity index (χ1n) is 3.44. The van der Waals surface area contributed by atoms with Gasteiger partial charge in [0.1, 0.15) is 5.15 Å². The van der Waals surface area contributed by atoms with E-state index in [9.17, 15) is 0 Å². The minimum Gasteiger partial charge on any atom is -0.463 e. The molecule has 0 aromatic carbocycles. The molecule has 0 bridgehead atoms. The van der Waals surface area contributed by atoms with Crippen LogP contribution in [0.5, 0.6) is 6.01 Å². The first kappa shape index (κ1) is 8.27. The van der Waals surface area contributed by atoms with E-state index in [1.54, 1.807) is 12.3 Å². The van der Waals surface area contributed by atoms with Gasteiger partial charge in [0, 0.05) is 6.20 Å². The quantitative estimate of drug-likeness (QED) is 0.654. The molecule has 0 aliphatic rings. The third kappa shape index (κ3) is 2.72. The van der Waals surface area contributed by atoms with Crippen LogP contribution in [0.2, 0.25) is 5.15 Å². The van der Waals surface area contributed by atoms with Crippen molar-refractivity contribution in [3.05, 3.63) is 17.4 Å². The molecule has 60 valence electrons. The number of aromatic nitrogens is 2. The maximum absolute atomic E-state index is 5.59. The zero-order valence-corrected chi connectivity index (χ0v) is 7.01. The van der Waals surface area contributed by atoms with Gasteiger partial charge in [0.05, 0.1) is 6.61 Å². The Labute approximate surface area is 70.4 Å². The zero-order valence-electron chi connectivity index (χ0n) is 6.25. The van der Waals surface area contributed by atoms with Crippen molar-refractivity contribution < 1.29 is 4.74 Å². The molecule has 0 radical (unpaired) electrons. The lowest BCUT2D eigenvalue weighted by atomic mass is 10.5. The Morgan fingerprint density at radius 3 is 3.09 bits per heavy atom. The van der Waals surface area contributed by atoms with Gasteiger partial charge in [0.2, 0.25) is 0 Å². The fraction of sp³-hybridized carbons (Fsp3) is 0.429. The van der Waals surface area contributed by atoms with E-state index < -0.39 is 0 Å². The third-order valence-corrected chi connectivity index (χ3v) is 1.25. The molecule has 4 heteroatoms. The van der Waals surface area contributed by atoms with Crippen LogP contribution in [0.3, 0.4) is 0 Å². The van der Waals surface area contributed by atoms with Crippen LogP contribution in [0.25, 0.3) is 0 Å². The predicted molar refractivity (Wildman–Crippen MR) is 42.8 cm³/mol. The second-order valence-electron chi connectivity index (χ2n) is 2.01. The Morgan fingerprint density at radius 1 is 1.64 bits per heavy atom. The molecular formula is C7H9ClN2O. The number of hydrogen-bond acceptors (Lipinski definition) is 3. The number of halogens is 1. The summed E-state index contributed by atoms with van der Waals surface area (Å²) >= 11 is 5.59. The molecule has 0 saturated heterocycles. The molecule has 0 aliphatic carbocycles. The van der Waals surface area contributed by atoms with Crippen molar-refractivity contribution in [3.63, 3.8) is 0 Å². The second kappa shape index (κ2) is 4.13. The van der Waals surface area contributed by atoms with Gasteiger partial charge in [-0.1, -0.05) is 18.5 Å². The first-order chi connectivity index (χ1) is 5.33. The fourth-order valence-corrected chi connectivity index (χ4v) is 0.712. The predicted octanol–water partition coefficient (Wildman–Crippen LogP) is 1.92. The third-order valence-electron chi connectivity index (χ3n) is 1.03. The van der Waals surface area contributed by atoms with Gasteiger partial charge in [-0.25, -0.2) is 4.98 Å². The van der Waals surface area contributed by atoms with Gasteiger partial charge in [-0.15, -0.1) is 0 Å². The normalized spacial score (nSPS) is 9.64. The molecule has 1 rings (SSSR count). The van der Waals surface area contributed by atoms with Crippen LogP contribution in [0.1, 0.15) is 13.3 Å². The highest BCUT2D eigenvalue weighted by Gasteiger charge is 1.95. The molecule has 1 aromatic rings. The van der Waals surface area contributed by atoms with Crippen LogP contribution in [-0.4, -0.2) is 16.6 Å². The van der Waals surface area contributed by atoms with Gasteiger partial charge in [-0.3, -0.25) is 0 Å². The van der Waals surface area contributed by atoms with Crippen LogP contribution in [0, 0.1) is 0 Å². The maximum Gasteiger partial charge on any atom is 0.317 e. The van der Waals surface area contributed by atoms with E-state index in [0.29, 0.717) is 17.8 Å². The topological polar surface area (TPSA) is 35.0 Å². The summed E-state index contributed by atoms with van der Waals surface area (Å²) in [7, 11) is 0. The van der Waals surface area contributed by atoms with Gasteiger partial charge in [-0.05, 0) is 12.5 Å². The molecule has 0 aliphatic heterocycles. The molecule has 1 heterocycles. The van der Waals surface area contributed by atoms with E-state index in [0.717, 1.165) is 6.42 Å². The van der Waals surface area contributed by atoms with Gasteiger partial charge in [-0.2, -0.15) is 4.98 Å². The van der Waals surface area contributed by atoms with Gasteiger partial charge >= 0.3 is 6.01 Å². The van der Waals surface area contributed by atoms with Crippen LogP contribution >= 0.6 is 11.6 Å². The van der Waals surface area contributed by atoms with E-state index in [1.165, 1.54) is 0 Å². The van der Waals surface area contributed by atoms with Crippen molar-refractivity contribution in [3.8, 4) is 6.01 Å². The summed E-state index contributed by atoms with van der Waals surface area (Å²) in [6.45, 7) is 2.64. The van der Waals surface area contributed by atoms with Gasteiger partial charge in [0.15, 0.2) is 0 Å². The lowest BCUT2D eigenvalue weighted by molar-refractivity contribution is 0.292. The molecular weight excluding hydrogens is 164 g/mol. The van der Waals surface area contributed by atoms with E-state index in [4.69, 9.17) is 16.3 Å². The highest BCUT2D eigenvalue weighted by Crippen LogP contribution is 2.07. The van der Waals surface area contributed by atoms with Crippen molar-refractivity contribution in [2.45, 2.75) is 13.3 Å². The van der Waals surface area contributed by atoms with Crippen molar-refractivity contribution >= 4 is 11.6 Å². The SMILES string of the molecule is CCCOc1nccc(Cl)n1. The molecule has 0 amide bonds. The highest BCUT2D eigenvalue weighted by molar-refractivity contribution is 6.29. The van der Waals surface area contributed by atoms with E-state index in [-0.39, 0.29) is 0 Å². The number of ether oxygens (including phenoxy) is 1. The van der Waals surface area contributed by atoms with Crippen LogP contribution in [-0.2, 0) is 0 Å². The number of rotatable bonds is 3. The largest absolute Gasteiger partial charge is 0.463 e. The van der Waals surface area contributed by atoms with Crippen molar-refractivity contribution in [2.24, 2.45) is 0 Å². The Bertz CT molecular complexity index is 229. The Morgan fingerprint density at radius 2 is 2.45 bits per heavy atom. The lowest BCUT2D eigenvalue weighted by Gasteiger charge is -2.00. The minimum absolute atomic E-state index is 0.347. The molecule has 3 nitrogen and oxygen atoms in total. The average Bonchev–Trinajstić information content (AvgIpc) is 2.01. The molecule has 0 fully saturated rings. The van der Waals surface area contributed by atoms with E-state index >= 15 is 0 Å². The summed E-state index contributed by atoms with van der Waals surface area (Å²) in [5.41, 5.74) is 0. The van der Waals surface area contributed by atoms with Crippen molar-refractivity contribution in [1.82, 2.24) is 9.97 Å². The maximum atomic E-state index is 5.59. The lowest BCUT2D eigenvalue weighted by Crippen LogP contribution is -1.98. The molecule has 0 unspecified atom stereocenters. The minimum atomic E-state index is 0.347. The molecule has 1 aromatic heterocycles. The zero-order chi connectivity index (χ0) is 8.10. The van der Waals surface area contributed by atoms with Crippen LogP contribution < -0.4 is 4.74 Å². The standard InChI is InChI=1S/C7H9ClN2O/c1-2-5-11-7-9-4-3-6(8)10-7/h3-4H,2,5H2,1H3. The molecule has 0 saturated carbocycles. The summed E-state index contributed by atoms with van der Waals surface area (Å²) in [4.78, 5) is 7.70. The number of hydrogen-bond donors (Lipinski definition) is 0. The summed E-state index contributed by atoms with van der Waals surface area (Å²) in [6.07, 6.45) is 2.51. The van der Waals surface area contributed by atoms with Crippen LogP contribution in [0.15, 0.2) is 12.3 Å². The van der Waals surface area contributed by atoms with E-state index in [2.05, 4.69) is 9.97 Å². The molecule has 11 heavy (non-hydrogen) atoms. The summed E-state index contributed by atoms with van der Waals surface area (Å²) < 4.78 is 5.13. The van der Waals surface area contributed by atoms with Gasteiger partial charge < -0.3 is 4.74 Å². The van der Waals surface area contributed by atoms with Crippen molar-refractivity contribution in [2.75, 3.05) is 6.61 Å².